The molecule has 0 heterocycles. The Morgan fingerprint density at radius 2 is 1.76 bits per heavy atom. The molecule has 1 fully saturated rings. The first-order chi connectivity index (χ1) is 9.75. The minimum Gasteiger partial charge on any atom is -0.481 e. The Bertz CT molecular complexity index is 656. The fraction of sp³-hybridized carbons (Fsp3) is 0.385. The first kappa shape index (κ1) is 15.5. The maximum Gasteiger partial charge on any atom is 0.320 e. The highest BCUT2D eigenvalue weighted by molar-refractivity contribution is 7.91. The van der Waals surface area contributed by atoms with Crippen LogP contribution < -0.4 is 5.73 Å². The zero-order chi connectivity index (χ0) is 15.8. The van der Waals surface area contributed by atoms with Gasteiger partial charge in [0.2, 0.25) is 0 Å². The molecule has 0 bridgehead atoms. The topological polar surface area (TPSA) is 135 Å². The molecule has 1 aliphatic rings. The van der Waals surface area contributed by atoms with Crippen LogP contribution in [0.25, 0.3) is 0 Å². The van der Waals surface area contributed by atoms with Crippen molar-refractivity contribution in [3.63, 3.8) is 0 Å². The Balaban J connectivity index is 2.19. The molecule has 7 nitrogen and oxygen atoms in total. The quantitative estimate of drug-likeness (QED) is 0.663. The van der Waals surface area contributed by atoms with Gasteiger partial charge in [-0.05, 0) is 18.1 Å². The van der Waals surface area contributed by atoms with Crippen LogP contribution in [0.4, 0.5) is 0 Å². The van der Waals surface area contributed by atoms with Gasteiger partial charge in [0, 0.05) is 5.92 Å². The molecule has 0 aliphatic heterocycles. The van der Waals surface area contributed by atoms with E-state index in [1.165, 1.54) is 12.1 Å². The molecule has 0 saturated heterocycles. The van der Waals surface area contributed by atoms with Crippen molar-refractivity contribution in [2.45, 2.75) is 10.9 Å². The van der Waals surface area contributed by atoms with Gasteiger partial charge in [0.25, 0.3) is 0 Å². The van der Waals surface area contributed by atoms with E-state index in [9.17, 15) is 18.0 Å². The standard InChI is InChI=1S/C13H15NO6S/c14-11(13(17)18)9-8(10(9)12(15)16)6-21(19,20)7-4-2-1-3-5-7/h1-5,8-11H,6,14H2,(H,15,16)(H,17,18)/t8-,9+,10+,11+/m1/s1. The summed E-state index contributed by atoms with van der Waals surface area (Å²) in [6.07, 6.45) is 0. The Kier molecular flexibility index (Phi) is 4.02. The monoisotopic (exact) mass is 313 g/mol. The highest BCUT2D eigenvalue weighted by atomic mass is 32.2. The summed E-state index contributed by atoms with van der Waals surface area (Å²) < 4.78 is 24.4. The van der Waals surface area contributed by atoms with Gasteiger partial charge in [-0.15, -0.1) is 0 Å². The fourth-order valence-corrected chi connectivity index (χ4v) is 4.30. The summed E-state index contributed by atoms with van der Waals surface area (Å²) in [7, 11) is -3.67. The van der Waals surface area contributed by atoms with Crippen LogP contribution in [0.15, 0.2) is 35.2 Å². The van der Waals surface area contributed by atoms with Gasteiger partial charge in [0.1, 0.15) is 6.04 Å². The Labute approximate surface area is 121 Å². The fourth-order valence-electron chi connectivity index (χ4n) is 2.59. The molecular weight excluding hydrogens is 298 g/mol. The van der Waals surface area contributed by atoms with E-state index in [1.807, 2.05) is 0 Å². The van der Waals surface area contributed by atoms with Gasteiger partial charge in [-0.3, -0.25) is 9.59 Å². The minimum atomic E-state index is -3.67. The Morgan fingerprint density at radius 3 is 2.24 bits per heavy atom. The van der Waals surface area contributed by atoms with E-state index in [-0.39, 0.29) is 4.90 Å². The van der Waals surface area contributed by atoms with Crippen molar-refractivity contribution in [1.29, 1.82) is 0 Å². The number of benzene rings is 1. The molecule has 2 rings (SSSR count). The lowest BCUT2D eigenvalue weighted by Crippen LogP contribution is -2.34. The highest BCUT2D eigenvalue weighted by Gasteiger charge is 2.60. The molecule has 114 valence electrons. The second-order valence-corrected chi connectivity index (χ2v) is 7.10. The van der Waals surface area contributed by atoms with Crippen LogP contribution >= 0.6 is 0 Å². The number of carboxylic acids is 2. The van der Waals surface area contributed by atoms with E-state index in [0.29, 0.717) is 0 Å². The van der Waals surface area contributed by atoms with Crippen LogP contribution in [-0.4, -0.2) is 42.4 Å². The summed E-state index contributed by atoms with van der Waals surface area (Å²) in [6, 6.07) is 6.25. The van der Waals surface area contributed by atoms with Crippen molar-refractivity contribution in [3.05, 3.63) is 30.3 Å². The lowest BCUT2D eigenvalue weighted by Gasteiger charge is -2.06. The zero-order valence-corrected chi connectivity index (χ0v) is 11.7. The van der Waals surface area contributed by atoms with E-state index in [4.69, 9.17) is 15.9 Å². The molecule has 0 aromatic heterocycles. The molecule has 1 aromatic carbocycles. The smallest absolute Gasteiger partial charge is 0.320 e. The molecule has 0 radical (unpaired) electrons. The van der Waals surface area contributed by atoms with Gasteiger partial charge in [-0.25, -0.2) is 8.42 Å². The number of rotatable bonds is 6. The molecule has 8 heteroatoms. The van der Waals surface area contributed by atoms with Crippen LogP contribution in [0.3, 0.4) is 0 Å². The molecule has 21 heavy (non-hydrogen) atoms. The van der Waals surface area contributed by atoms with E-state index in [1.54, 1.807) is 18.2 Å². The number of hydrogen-bond donors (Lipinski definition) is 3. The zero-order valence-electron chi connectivity index (χ0n) is 10.9. The lowest BCUT2D eigenvalue weighted by atomic mass is 10.1. The van der Waals surface area contributed by atoms with Crippen molar-refractivity contribution in [2.24, 2.45) is 23.5 Å². The third kappa shape index (κ3) is 3.06. The molecule has 4 N–H and O–H groups in total. The Hall–Kier alpha value is -1.93. The van der Waals surface area contributed by atoms with Crippen LogP contribution in [0.1, 0.15) is 0 Å². The van der Waals surface area contributed by atoms with Gasteiger partial charge in [0.05, 0.1) is 16.6 Å². The number of aliphatic carboxylic acids is 2. The summed E-state index contributed by atoms with van der Waals surface area (Å²) in [5.74, 6) is -5.64. The third-order valence-electron chi connectivity index (χ3n) is 3.73. The van der Waals surface area contributed by atoms with E-state index in [2.05, 4.69) is 0 Å². The number of carbonyl (C=O) groups is 2. The van der Waals surface area contributed by atoms with Gasteiger partial charge >= 0.3 is 11.9 Å². The summed E-state index contributed by atoms with van der Waals surface area (Å²) in [5.41, 5.74) is 5.44. The van der Waals surface area contributed by atoms with Crippen LogP contribution in [0.5, 0.6) is 0 Å². The van der Waals surface area contributed by atoms with Crippen molar-refractivity contribution >= 4 is 21.8 Å². The normalized spacial score (nSPS) is 26.0. The molecule has 0 unspecified atom stereocenters. The Morgan fingerprint density at radius 1 is 1.19 bits per heavy atom. The first-order valence-corrected chi connectivity index (χ1v) is 7.90. The van der Waals surface area contributed by atoms with Gasteiger partial charge in [0.15, 0.2) is 9.84 Å². The summed E-state index contributed by atoms with van der Waals surface area (Å²) in [6.45, 7) is 0. The van der Waals surface area contributed by atoms with E-state index in [0.717, 1.165) is 0 Å². The average Bonchev–Trinajstić information content (AvgIpc) is 3.12. The third-order valence-corrected chi connectivity index (χ3v) is 5.54. The number of carboxylic acid groups (broad SMARTS) is 2. The second kappa shape index (κ2) is 5.45. The first-order valence-electron chi connectivity index (χ1n) is 6.24. The van der Waals surface area contributed by atoms with Crippen LogP contribution in [0.2, 0.25) is 0 Å². The van der Waals surface area contributed by atoms with Crippen molar-refractivity contribution < 1.29 is 28.2 Å². The van der Waals surface area contributed by atoms with Crippen molar-refractivity contribution in [1.82, 2.24) is 0 Å². The molecule has 4 atom stereocenters. The summed E-state index contributed by atoms with van der Waals surface area (Å²) in [5, 5.41) is 17.9. The predicted molar refractivity (Wildman–Crippen MR) is 72.2 cm³/mol. The molecule has 0 amide bonds. The minimum absolute atomic E-state index is 0.0867. The number of sulfone groups is 1. The lowest BCUT2D eigenvalue weighted by molar-refractivity contribution is -0.140. The van der Waals surface area contributed by atoms with Crippen molar-refractivity contribution in [3.8, 4) is 0 Å². The summed E-state index contributed by atoms with van der Waals surface area (Å²) in [4.78, 5) is 22.0. The summed E-state index contributed by atoms with van der Waals surface area (Å²) >= 11 is 0. The highest BCUT2D eigenvalue weighted by Crippen LogP contribution is 2.49. The van der Waals surface area contributed by atoms with E-state index >= 15 is 0 Å². The molecular formula is C13H15NO6S. The SMILES string of the molecule is N[C@H](C(=O)O)[C@H]1[C@@H](CS(=O)(=O)c2ccccc2)[C@@H]1C(=O)O. The molecule has 1 saturated carbocycles. The maximum atomic E-state index is 12.2. The molecule has 1 aliphatic carbocycles. The number of hydrogen-bond acceptors (Lipinski definition) is 5. The average molecular weight is 313 g/mol. The second-order valence-electron chi connectivity index (χ2n) is 5.06. The predicted octanol–water partition coefficient (Wildman–Crippen LogP) is -0.181. The van der Waals surface area contributed by atoms with Gasteiger partial charge < -0.3 is 15.9 Å². The van der Waals surface area contributed by atoms with Gasteiger partial charge in [-0.2, -0.15) is 0 Å². The largest absolute Gasteiger partial charge is 0.481 e. The molecule has 0 spiro atoms. The van der Waals surface area contributed by atoms with Gasteiger partial charge in [-0.1, -0.05) is 18.2 Å². The van der Waals surface area contributed by atoms with Crippen molar-refractivity contribution in [2.75, 3.05) is 5.75 Å². The number of nitrogens with two attached hydrogens (primary N) is 1. The van der Waals surface area contributed by atoms with E-state index < -0.39 is 51.3 Å². The molecule has 1 aromatic rings. The van der Waals surface area contributed by atoms with Crippen LogP contribution in [0, 0.1) is 17.8 Å². The van der Waals surface area contributed by atoms with Crippen LogP contribution in [-0.2, 0) is 19.4 Å². The maximum absolute atomic E-state index is 12.2.